The van der Waals surface area contributed by atoms with Crippen LogP contribution < -0.4 is 5.73 Å². The summed E-state index contributed by atoms with van der Waals surface area (Å²) in [7, 11) is 2.02. The monoisotopic (exact) mass is 422 g/mol. The maximum atomic E-state index is 12.3. The Balaban J connectivity index is 1.68. The molecule has 1 aliphatic carbocycles. The number of H-pyrrole nitrogens is 1. The molecule has 0 unspecified atom stereocenters. The highest BCUT2D eigenvalue weighted by Gasteiger charge is 2.46. The number of rotatable bonds is 4. The van der Waals surface area contributed by atoms with Gasteiger partial charge in [-0.3, -0.25) is 4.98 Å². The van der Waals surface area contributed by atoms with Crippen molar-refractivity contribution in [1.82, 2.24) is 14.9 Å². The molecule has 1 aliphatic heterocycles. The first-order chi connectivity index (χ1) is 14.4. The second kappa shape index (κ2) is 6.94. The highest BCUT2D eigenvalue weighted by atomic mass is 35.5. The number of nitrogens with one attached hydrogen (secondary N) is 1. The number of carbonyl (C=O) groups is 1. The van der Waals surface area contributed by atoms with Gasteiger partial charge < -0.3 is 20.7 Å². The van der Waals surface area contributed by atoms with Crippen molar-refractivity contribution in [3.63, 3.8) is 0 Å². The number of nitrogens with zero attached hydrogens (tertiary/aromatic N) is 2. The lowest BCUT2D eigenvalue weighted by Gasteiger charge is -2.48. The number of aromatic nitrogens is 2. The van der Waals surface area contributed by atoms with E-state index in [2.05, 4.69) is 14.9 Å². The van der Waals surface area contributed by atoms with Crippen LogP contribution in [-0.4, -0.2) is 52.6 Å². The van der Waals surface area contributed by atoms with E-state index >= 15 is 0 Å². The number of aromatic amines is 1. The second-order valence-electron chi connectivity index (χ2n) is 8.43. The van der Waals surface area contributed by atoms with Crippen LogP contribution in [0.4, 0.5) is 0 Å². The summed E-state index contributed by atoms with van der Waals surface area (Å²) in [5, 5.41) is 10.7. The second-order valence-corrected chi connectivity index (χ2v) is 8.86. The fourth-order valence-electron chi connectivity index (χ4n) is 5.01. The third kappa shape index (κ3) is 2.87. The number of carboxylic acid groups (broad SMARTS) is 1. The van der Waals surface area contributed by atoms with Crippen LogP contribution in [0.3, 0.4) is 0 Å². The molecule has 30 heavy (non-hydrogen) atoms. The van der Waals surface area contributed by atoms with Crippen LogP contribution in [-0.2, 0) is 18.3 Å². The number of likely N-dealkylation sites (tertiary alicyclic amines) is 1. The van der Waals surface area contributed by atoms with Crippen LogP contribution in [0.1, 0.15) is 27.2 Å². The molecule has 0 radical (unpaired) electrons. The van der Waals surface area contributed by atoms with Crippen molar-refractivity contribution >= 4 is 17.6 Å². The first-order valence-electron chi connectivity index (χ1n) is 10.0. The molecule has 1 aromatic carbocycles. The summed E-state index contributed by atoms with van der Waals surface area (Å²) in [6.45, 7) is 1.91. The number of hydrogen-bond donors (Lipinski definition) is 3. The molecule has 0 amide bonds. The van der Waals surface area contributed by atoms with E-state index in [9.17, 15) is 9.90 Å². The highest BCUT2D eigenvalue weighted by molar-refractivity contribution is 6.30. The van der Waals surface area contributed by atoms with Gasteiger partial charge in [-0.2, -0.15) is 0 Å². The first-order valence-corrected chi connectivity index (χ1v) is 10.4. The van der Waals surface area contributed by atoms with E-state index in [1.807, 2.05) is 43.6 Å². The maximum absolute atomic E-state index is 12.3. The zero-order valence-corrected chi connectivity index (χ0v) is 17.5. The topological polar surface area (TPSA) is 95.2 Å². The van der Waals surface area contributed by atoms with Crippen LogP contribution >= 0.6 is 11.6 Å². The molecule has 5 rings (SSSR count). The van der Waals surface area contributed by atoms with E-state index in [0.29, 0.717) is 23.6 Å². The molecule has 3 aromatic rings. The molecule has 0 spiro atoms. The lowest BCUT2D eigenvalue weighted by atomic mass is 9.75. The Hall–Kier alpha value is -2.67. The SMILES string of the molecule is CN1CC(CN)(c2[nH]c3c(c2C(=O)O)CCc2cnc(-c4cccc(Cl)c4)cc2-3)C1. The number of benzene rings is 1. The summed E-state index contributed by atoms with van der Waals surface area (Å²) in [6, 6.07) is 9.63. The summed E-state index contributed by atoms with van der Waals surface area (Å²) in [5.41, 5.74) is 12.6. The lowest BCUT2D eigenvalue weighted by molar-refractivity contribution is 0.0672. The van der Waals surface area contributed by atoms with Crippen LogP contribution in [0.2, 0.25) is 5.02 Å². The van der Waals surface area contributed by atoms with Gasteiger partial charge in [0.05, 0.1) is 17.0 Å². The van der Waals surface area contributed by atoms with Gasteiger partial charge in [0.15, 0.2) is 0 Å². The number of aromatic carboxylic acids is 1. The van der Waals surface area contributed by atoms with Crippen molar-refractivity contribution < 1.29 is 9.90 Å². The van der Waals surface area contributed by atoms with Gasteiger partial charge in [-0.15, -0.1) is 0 Å². The van der Waals surface area contributed by atoms with Gasteiger partial charge in [0.2, 0.25) is 0 Å². The summed E-state index contributed by atoms with van der Waals surface area (Å²) in [6.07, 6.45) is 3.33. The molecule has 154 valence electrons. The Bertz CT molecular complexity index is 1160. The molecular weight excluding hydrogens is 400 g/mol. The Morgan fingerprint density at radius 1 is 1.33 bits per heavy atom. The molecule has 0 bridgehead atoms. The van der Waals surface area contributed by atoms with E-state index in [-0.39, 0.29) is 5.41 Å². The molecule has 3 heterocycles. The molecule has 7 heteroatoms. The zero-order chi connectivity index (χ0) is 21.0. The fraction of sp³-hybridized carbons (Fsp3) is 0.304. The normalized spacial score (nSPS) is 17.2. The van der Waals surface area contributed by atoms with Gasteiger partial charge in [0.25, 0.3) is 0 Å². The number of nitrogens with two attached hydrogens (primary N) is 1. The van der Waals surface area contributed by atoms with Crippen LogP contribution in [0.25, 0.3) is 22.5 Å². The van der Waals surface area contributed by atoms with E-state index in [1.165, 1.54) is 0 Å². The highest BCUT2D eigenvalue weighted by Crippen LogP contribution is 2.43. The molecule has 1 saturated heterocycles. The lowest BCUT2D eigenvalue weighted by Crippen LogP contribution is -2.61. The van der Waals surface area contributed by atoms with Crippen molar-refractivity contribution in [3.05, 3.63) is 63.9 Å². The van der Waals surface area contributed by atoms with E-state index < -0.39 is 5.97 Å². The number of fused-ring (bicyclic) bond motifs is 3. The van der Waals surface area contributed by atoms with E-state index in [0.717, 1.165) is 58.8 Å². The maximum Gasteiger partial charge on any atom is 0.337 e. The molecular formula is C23H23ClN4O2. The third-order valence-electron chi connectivity index (χ3n) is 6.40. The van der Waals surface area contributed by atoms with Gasteiger partial charge in [-0.05, 0) is 49.2 Å². The Morgan fingerprint density at radius 3 is 2.80 bits per heavy atom. The largest absolute Gasteiger partial charge is 0.478 e. The Labute approximate surface area is 179 Å². The Morgan fingerprint density at radius 2 is 2.13 bits per heavy atom. The molecule has 6 nitrogen and oxygen atoms in total. The molecule has 4 N–H and O–H groups in total. The number of aryl methyl sites for hydroxylation is 1. The van der Waals surface area contributed by atoms with Gasteiger partial charge in [0, 0.05) is 53.1 Å². The number of hydrogen-bond acceptors (Lipinski definition) is 4. The average molecular weight is 423 g/mol. The van der Waals surface area contributed by atoms with Crippen molar-refractivity contribution in [2.45, 2.75) is 18.3 Å². The third-order valence-corrected chi connectivity index (χ3v) is 6.64. The molecule has 2 aromatic heterocycles. The van der Waals surface area contributed by atoms with Crippen molar-refractivity contribution in [2.24, 2.45) is 5.73 Å². The Kier molecular flexibility index (Phi) is 4.47. The van der Waals surface area contributed by atoms with Gasteiger partial charge in [-0.1, -0.05) is 23.7 Å². The molecule has 2 aliphatic rings. The summed E-state index contributed by atoms with van der Waals surface area (Å²) < 4.78 is 0. The average Bonchev–Trinajstić information content (AvgIpc) is 3.11. The quantitative estimate of drug-likeness (QED) is 0.599. The number of likely N-dealkylation sites (N-methyl/N-ethyl adjacent to an activating group) is 1. The van der Waals surface area contributed by atoms with Crippen molar-refractivity contribution in [1.29, 1.82) is 0 Å². The van der Waals surface area contributed by atoms with Crippen LogP contribution in [0, 0.1) is 0 Å². The number of pyridine rings is 1. The van der Waals surface area contributed by atoms with E-state index in [1.54, 1.807) is 0 Å². The minimum atomic E-state index is -0.891. The molecule has 1 fully saturated rings. The predicted octanol–water partition coefficient (Wildman–Crippen LogP) is 3.34. The van der Waals surface area contributed by atoms with Gasteiger partial charge in [-0.25, -0.2) is 4.79 Å². The summed E-state index contributed by atoms with van der Waals surface area (Å²) in [5.74, 6) is -0.891. The van der Waals surface area contributed by atoms with Gasteiger partial charge in [0.1, 0.15) is 0 Å². The zero-order valence-electron chi connectivity index (χ0n) is 16.7. The smallest absolute Gasteiger partial charge is 0.337 e. The minimum Gasteiger partial charge on any atom is -0.478 e. The summed E-state index contributed by atoms with van der Waals surface area (Å²) >= 11 is 6.16. The van der Waals surface area contributed by atoms with Crippen LogP contribution in [0.5, 0.6) is 0 Å². The standard InChI is InChI=1S/C23H23ClN4O2/c1-28-11-23(10-25,12-28)21-19(22(29)30)16-6-5-14-9-26-18(8-17(14)20(16)27-21)13-3-2-4-15(24)7-13/h2-4,7-9,27H,5-6,10-12,25H2,1H3,(H,29,30). The van der Waals surface area contributed by atoms with Crippen molar-refractivity contribution in [3.8, 4) is 22.5 Å². The fourth-order valence-corrected chi connectivity index (χ4v) is 5.20. The molecule has 0 saturated carbocycles. The number of halogens is 1. The van der Waals surface area contributed by atoms with Crippen molar-refractivity contribution in [2.75, 3.05) is 26.7 Å². The van der Waals surface area contributed by atoms with E-state index in [4.69, 9.17) is 17.3 Å². The van der Waals surface area contributed by atoms with Gasteiger partial charge >= 0.3 is 5.97 Å². The minimum absolute atomic E-state index is 0.344. The number of carboxylic acids is 1. The predicted molar refractivity (Wildman–Crippen MR) is 117 cm³/mol. The first kappa shape index (κ1) is 19.3. The molecule has 0 atom stereocenters. The summed E-state index contributed by atoms with van der Waals surface area (Å²) in [4.78, 5) is 22.6. The van der Waals surface area contributed by atoms with Crippen LogP contribution in [0.15, 0.2) is 36.5 Å².